The predicted octanol–water partition coefficient (Wildman–Crippen LogP) is 0.362. The molecule has 3 aliphatic heterocycles. The molecule has 4 nitrogen and oxygen atoms in total. The topological polar surface area (TPSA) is 30.9 Å². The van der Waals surface area contributed by atoms with Gasteiger partial charge in [0.1, 0.15) is 0 Å². The maximum Gasteiger partial charge on any atom is 0.0666 e. The fraction of sp³-hybridized carbons (Fsp3) is 0.917. The molecule has 16 heavy (non-hydrogen) atoms. The van der Waals surface area contributed by atoms with Crippen molar-refractivity contribution in [2.24, 2.45) is 11.0 Å². The van der Waals surface area contributed by atoms with Crippen LogP contribution in [0.2, 0.25) is 0 Å². The molecule has 3 heterocycles. The second kappa shape index (κ2) is 3.70. The van der Waals surface area contributed by atoms with Crippen LogP contribution in [0.4, 0.5) is 0 Å². The van der Waals surface area contributed by atoms with E-state index in [1.54, 1.807) is 0 Å². The van der Waals surface area contributed by atoms with Crippen LogP contribution in [0.15, 0.2) is 5.10 Å². The molecule has 0 unspecified atom stereocenters. The fourth-order valence-corrected chi connectivity index (χ4v) is 3.35. The lowest BCUT2D eigenvalue weighted by molar-refractivity contribution is 0.118. The van der Waals surface area contributed by atoms with Crippen LogP contribution in [0.1, 0.15) is 19.3 Å². The molecule has 0 aliphatic carbocycles. The summed E-state index contributed by atoms with van der Waals surface area (Å²) in [6, 6.07) is 0. The van der Waals surface area contributed by atoms with Gasteiger partial charge in [0.25, 0.3) is 0 Å². The van der Waals surface area contributed by atoms with Gasteiger partial charge in [-0.1, -0.05) is 0 Å². The molecule has 0 aromatic heterocycles. The second-order valence-corrected chi connectivity index (χ2v) is 5.74. The smallest absolute Gasteiger partial charge is 0.0666 e. The first-order valence-corrected chi connectivity index (χ1v) is 6.40. The zero-order chi connectivity index (χ0) is 11.2. The molecule has 0 bridgehead atoms. The number of nitrogens with zero attached hydrogens (tertiary/aromatic N) is 3. The SMILES string of the molecule is CN1CCC2(CC1)NN=C1CCN(C)C[C@@H]12. The van der Waals surface area contributed by atoms with Gasteiger partial charge in [0.15, 0.2) is 0 Å². The summed E-state index contributed by atoms with van der Waals surface area (Å²) in [6.45, 7) is 4.77. The Morgan fingerprint density at radius 1 is 1.19 bits per heavy atom. The number of hydrogen-bond donors (Lipinski definition) is 1. The zero-order valence-electron chi connectivity index (χ0n) is 10.4. The minimum atomic E-state index is 0.288. The Morgan fingerprint density at radius 2 is 1.94 bits per heavy atom. The first-order valence-electron chi connectivity index (χ1n) is 6.40. The van der Waals surface area contributed by atoms with Gasteiger partial charge in [0, 0.05) is 44.2 Å². The van der Waals surface area contributed by atoms with E-state index in [0.29, 0.717) is 5.92 Å². The molecule has 0 saturated carbocycles. The molecule has 0 aromatic rings. The number of hydrazone groups is 1. The second-order valence-electron chi connectivity index (χ2n) is 5.74. The lowest BCUT2D eigenvalue weighted by atomic mass is 9.73. The van der Waals surface area contributed by atoms with Crippen LogP contribution in [0, 0.1) is 5.92 Å². The van der Waals surface area contributed by atoms with Gasteiger partial charge in [-0.15, -0.1) is 0 Å². The standard InChI is InChI=1S/C12H22N4/c1-15-7-4-12(5-8-15)10-9-16(2)6-3-11(10)13-14-12/h10,14H,3-9H2,1-2H3/t10-/m0/s1. The summed E-state index contributed by atoms with van der Waals surface area (Å²) < 4.78 is 0. The van der Waals surface area contributed by atoms with E-state index >= 15 is 0 Å². The van der Waals surface area contributed by atoms with Crippen molar-refractivity contribution in [2.45, 2.75) is 24.8 Å². The number of hydrogen-bond acceptors (Lipinski definition) is 4. The largest absolute Gasteiger partial charge is 0.306 e. The summed E-state index contributed by atoms with van der Waals surface area (Å²) in [5.41, 5.74) is 5.21. The van der Waals surface area contributed by atoms with Crippen molar-refractivity contribution in [2.75, 3.05) is 40.3 Å². The molecule has 3 aliphatic rings. The van der Waals surface area contributed by atoms with Gasteiger partial charge in [0.05, 0.1) is 5.54 Å². The fourth-order valence-electron chi connectivity index (χ4n) is 3.35. The zero-order valence-corrected chi connectivity index (χ0v) is 10.4. The molecule has 4 heteroatoms. The van der Waals surface area contributed by atoms with Crippen molar-refractivity contribution in [1.82, 2.24) is 15.2 Å². The van der Waals surface area contributed by atoms with Crippen molar-refractivity contribution in [3.8, 4) is 0 Å². The monoisotopic (exact) mass is 222 g/mol. The average molecular weight is 222 g/mol. The van der Waals surface area contributed by atoms with Crippen LogP contribution in [0.25, 0.3) is 0 Å². The summed E-state index contributed by atoms with van der Waals surface area (Å²) in [5.74, 6) is 0.667. The Morgan fingerprint density at radius 3 is 2.69 bits per heavy atom. The molecular weight excluding hydrogens is 200 g/mol. The van der Waals surface area contributed by atoms with Gasteiger partial charge in [-0.05, 0) is 26.9 Å². The van der Waals surface area contributed by atoms with Gasteiger partial charge in [-0.3, -0.25) is 0 Å². The quantitative estimate of drug-likeness (QED) is 0.642. The van der Waals surface area contributed by atoms with Gasteiger partial charge >= 0.3 is 0 Å². The van der Waals surface area contributed by atoms with Gasteiger partial charge in [-0.25, -0.2) is 0 Å². The normalized spacial score (nSPS) is 34.6. The first kappa shape index (κ1) is 10.5. The van der Waals surface area contributed by atoms with Crippen molar-refractivity contribution < 1.29 is 0 Å². The predicted molar refractivity (Wildman–Crippen MR) is 65.6 cm³/mol. The van der Waals surface area contributed by atoms with Crippen molar-refractivity contribution in [3.63, 3.8) is 0 Å². The lowest BCUT2D eigenvalue weighted by Gasteiger charge is -2.44. The van der Waals surface area contributed by atoms with Crippen LogP contribution in [-0.4, -0.2) is 61.3 Å². The molecule has 2 saturated heterocycles. The number of fused-ring (bicyclic) bond motifs is 2. The number of likely N-dealkylation sites (tertiary alicyclic amines) is 2. The van der Waals surface area contributed by atoms with Gasteiger partial charge in [0.2, 0.25) is 0 Å². The summed E-state index contributed by atoms with van der Waals surface area (Å²) in [7, 11) is 4.45. The van der Waals surface area contributed by atoms with Crippen LogP contribution >= 0.6 is 0 Å². The van der Waals surface area contributed by atoms with E-state index in [1.165, 1.54) is 44.7 Å². The maximum atomic E-state index is 4.62. The Labute approximate surface area is 97.7 Å². The van der Waals surface area contributed by atoms with Crippen molar-refractivity contribution in [1.29, 1.82) is 0 Å². The van der Waals surface area contributed by atoms with Crippen LogP contribution < -0.4 is 5.43 Å². The third kappa shape index (κ3) is 1.55. The third-order valence-corrected chi connectivity index (χ3v) is 4.61. The first-order chi connectivity index (χ1) is 7.70. The summed E-state index contributed by atoms with van der Waals surface area (Å²) >= 11 is 0. The molecule has 1 atom stereocenters. The minimum Gasteiger partial charge on any atom is -0.306 e. The highest BCUT2D eigenvalue weighted by atomic mass is 15.4. The number of nitrogens with one attached hydrogen (secondary N) is 1. The maximum absolute atomic E-state index is 4.62. The summed E-state index contributed by atoms with van der Waals surface area (Å²) in [4.78, 5) is 4.88. The van der Waals surface area contributed by atoms with E-state index in [2.05, 4.69) is 34.4 Å². The molecule has 3 rings (SSSR count). The molecular formula is C12H22N4. The van der Waals surface area contributed by atoms with E-state index < -0.39 is 0 Å². The Hall–Kier alpha value is -0.610. The van der Waals surface area contributed by atoms with Crippen molar-refractivity contribution >= 4 is 5.71 Å². The van der Waals surface area contributed by atoms with E-state index in [1.807, 2.05) is 0 Å². The van der Waals surface area contributed by atoms with E-state index in [4.69, 9.17) is 0 Å². The van der Waals surface area contributed by atoms with E-state index in [0.717, 1.165) is 6.42 Å². The van der Waals surface area contributed by atoms with Crippen LogP contribution in [0.5, 0.6) is 0 Å². The Kier molecular flexibility index (Phi) is 2.44. The third-order valence-electron chi connectivity index (χ3n) is 4.61. The van der Waals surface area contributed by atoms with Crippen molar-refractivity contribution in [3.05, 3.63) is 0 Å². The molecule has 1 spiro atoms. The van der Waals surface area contributed by atoms with E-state index in [9.17, 15) is 0 Å². The highest BCUT2D eigenvalue weighted by Gasteiger charge is 2.48. The van der Waals surface area contributed by atoms with E-state index in [-0.39, 0.29) is 5.54 Å². The molecule has 2 fully saturated rings. The average Bonchev–Trinajstić information content (AvgIpc) is 2.62. The van der Waals surface area contributed by atoms with Crippen LogP contribution in [0.3, 0.4) is 0 Å². The Balaban J connectivity index is 1.78. The molecule has 0 amide bonds. The highest BCUT2D eigenvalue weighted by Crippen LogP contribution is 2.37. The molecule has 0 radical (unpaired) electrons. The summed E-state index contributed by atoms with van der Waals surface area (Å²) in [5, 5.41) is 4.62. The van der Waals surface area contributed by atoms with Gasteiger partial charge in [-0.2, -0.15) is 5.10 Å². The highest BCUT2D eigenvalue weighted by molar-refractivity contribution is 5.90. The summed E-state index contributed by atoms with van der Waals surface area (Å²) in [6.07, 6.45) is 3.65. The molecule has 1 N–H and O–H groups in total. The number of rotatable bonds is 0. The molecule has 90 valence electrons. The lowest BCUT2D eigenvalue weighted by Crippen LogP contribution is -2.57. The minimum absolute atomic E-state index is 0.288. The Bertz CT molecular complexity index is 304. The number of piperidine rings is 2. The van der Waals surface area contributed by atoms with Crippen LogP contribution in [-0.2, 0) is 0 Å². The molecule has 0 aromatic carbocycles. The van der Waals surface area contributed by atoms with Gasteiger partial charge < -0.3 is 15.2 Å².